The van der Waals surface area contributed by atoms with Crippen molar-refractivity contribution in [2.75, 3.05) is 19.0 Å². The molecule has 0 amide bonds. The lowest BCUT2D eigenvalue weighted by molar-refractivity contribution is 0.652. The maximum absolute atomic E-state index is 4.41. The number of hydrogen-bond acceptors (Lipinski definition) is 3. The fourth-order valence-corrected chi connectivity index (χ4v) is 2.15. The number of nitrogens with one attached hydrogen (secondary N) is 1. The Kier molecular flexibility index (Phi) is 4.22. The molecule has 0 radical (unpaired) electrons. The van der Waals surface area contributed by atoms with Crippen LogP contribution < -0.4 is 10.2 Å². The highest BCUT2D eigenvalue weighted by Crippen LogP contribution is 2.11. The van der Waals surface area contributed by atoms with Gasteiger partial charge in [-0.25, -0.2) is 4.98 Å². The second-order valence-corrected chi connectivity index (χ2v) is 5.03. The Morgan fingerprint density at radius 2 is 1.95 bits per heavy atom. The van der Waals surface area contributed by atoms with Gasteiger partial charge in [-0.05, 0) is 18.1 Å². The molecule has 4 nitrogen and oxygen atoms in total. The number of rotatable bonds is 5. The molecule has 0 spiro atoms. The van der Waals surface area contributed by atoms with E-state index in [-0.39, 0.29) is 0 Å². The molecule has 0 atom stereocenters. The maximum Gasteiger partial charge on any atom is 0.204 e. The normalized spacial score (nSPS) is 10.7. The van der Waals surface area contributed by atoms with E-state index in [0.717, 1.165) is 19.0 Å². The zero-order valence-corrected chi connectivity index (χ0v) is 12.1. The lowest BCUT2D eigenvalue weighted by atomic mass is 10.1. The van der Waals surface area contributed by atoms with Crippen LogP contribution >= 0.6 is 0 Å². The first kappa shape index (κ1) is 13.6. The first-order valence-corrected chi connectivity index (χ1v) is 6.52. The Balaban J connectivity index is 1.95. The summed E-state index contributed by atoms with van der Waals surface area (Å²) < 4.78 is 2.12. The van der Waals surface area contributed by atoms with Gasteiger partial charge in [0.2, 0.25) is 5.95 Å². The van der Waals surface area contributed by atoms with E-state index in [2.05, 4.69) is 46.1 Å². The van der Waals surface area contributed by atoms with E-state index in [1.165, 1.54) is 16.8 Å². The van der Waals surface area contributed by atoms with Gasteiger partial charge in [-0.1, -0.05) is 24.3 Å². The number of aromatic nitrogens is 2. The summed E-state index contributed by atoms with van der Waals surface area (Å²) in [5, 5.41) is 3.47. The highest BCUT2D eigenvalue weighted by molar-refractivity contribution is 5.31. The minimum Gasteiger partial charge on any atom is -0.348 e. The zero-order valence-electron chi connectivity index (χ0n) is 12.1. The Hall–Kier alpha value is -1.81. The summed E-state index contributed by atoms with van der Waals surface area (Å²) >= 11 is 0. The van der Waals surface area contributed by atoms with Gasteiger partial charge in [0, 0.05) is 34.2 Å². The van der Waals surface area contributed by atoms with Crippen molar-refractivity contribution >= 4 is 5.95 Å². The van der Waals surface area contributed by atoms with Gasteiger partial charge in [0.1, 0.15) is 0 Å². The van der Waals surface area contributed by atoms with Gasteiger partial charge in [-0.3, -0.25) is 0 Å². The van der Waals surface area contributed by atoms with Crippen molar-refractivity contribution in [3.8, 4) is 0 Å². The summed E-state index contributed by atoms with van der Waals surface area (Å²) in [6.45, 7) is 3.85. The highest BCUT2D eigenvalue weighted by atomic mass is 15.3. The van der Waals surface area contributed by atoms with Gasteiger partial charge in [-0.15, -0.1) is 0 Å². The number of aryl methyl sites for hydroxylation is 1. The Morgan fingerprint density at radius 3 is 2.58 bits per heavy atom. The molecule has 4 heteroatoms. The monoisotopic (exact) mass is 258 g/mol. The maximum atomic E-state index is 4.41. The van der Waals surface area contributed by atoms with Crippen LogP contribution in [0.15, 0.2) is 30.5 Å². The standard InChI is InChI=1S/C15H22N4/c1-12-7-5-6-8-13(12)9-16-10-14-11-17-15(18(2)3)19(14)4/h5-8,11,16H,9-10H2,1-4H3. The van der Waals surface area contributed by atoms with E-state index in [0.29, 0.717) is 0 Å². The Bertz CT molecular complexity index is 543. The van der Waals surface area contributed by atoms with Crippen molar-refractivity contribution in [2.24, 2.45) is 7.05 Å². The van der Waals surface area contributed by atoms with E-state index in [1.54, 1.807) is 0 Å². The highest BCUT2D eigenvalue weighted by Gasteiger charge is 2.07. The van der Waals surface area contributed by atoms with Crippen LogP contribution in [-0.2, 0) is 20.1 Å². The Labute approximate surface area is 115 Å². The minimum atomic E-state index is 0.825. The SMILES string of the molecule is Cc1ccccc1CNCc1cnc(N(C)C)n1C. The lowest BCUT2D eigenvalue weighted by Gasteiger charge is -2.13. The topological polar surface area (TPSA) is 33.1 Å². The molecule has 2 aromatic rings. The fraction of sp³-hybridized carbons (Fsp3) is 0.400. The zero-order chi connectivity index (χ0) is 13.8. The average molecular weight is 258 g/mol. The third-order valence-corrected chi connectivity index (χ3v) is 3.34. The molecule has 1 aromatic heterocycles. The second kappa shape index (κ2) is 5.89. The molecule has 0 aliphatic rings. The minimum absolute atomic E-state index is 0.825. The molecule has 0 unspecified atom stereocenters. The van der Waals surface area contributed by atoms with Crippen LogP contribution in [0.5, 0.6) is 0 Å². The summed E-state index contributed by atoms with van der Waals surface area (Å²) in [6.07, 6.45) is 1.93. The number of nitrogens with zero attached hydrogens (tertiary/aromatic N) is 3. The van der Waals surface area contributed by atoms with E-state index in [9.17, 15) is 0 Å². The molecule has 0 saturated heterocycles. The van der Waals surface area contributed by atoms with Crippen LogP contribution in [0.3, 0.4) is 0 Å². The first-order valence-electron chi connectivity index (χ1n) is 6.52. The molecule has 19 heavy (non-hydrogen) atoms. The van der Waals surface area contributed by atoms with Gasteiger partial charge >= 0.3 is 0 Å². The van der Waals surface area contributed by atoms with Crippen molar-refractivity contribution < 1.29 is 0 Å². The van der Waals surface area contributed by atoms with E-state index in [1.807, 2.05) is 32.2 Å². The summed E-state index contributed by atoms with van der Waals surface area (Å²) in [6, 6.07) is 8.46. The summed E-state index contributed by atoms with van der Waals surface area (Å²) in [4.78, 5) is 6.43. The predicted molar refractivity (Wildman–Crippen MR) is 79.3 cm³/mol. The van der Waals surface area contributed by atoms with Crippen LogP contribution in [0.2, 0.25) is 0 Å². The van der Waals surface area contributed by atoms with Gasteiger partial charge in [0.25, 0.3) is 0 Å². The summed E-state index contributed by atoms with van der Waals surface area (Å²) in [5.74, 6) is 0.979. The largest absolute Gasteiger partial charge is 0.348 e. The molecule has 1 heterocycles. The van der Waals surface area contributed by atoms with Gasteiger partial charge in [-0.2, -0.15) is 0 Å². The van der Waals surface area contributed by atoms with Gasteiger partial charge in [0.05, 0.1) is 11.9 Å². The second-order valence-electron chi connectivity index (χ2n) is 5.03. The van der Waals surface area contributed by atoms with Crippen molar-refractivity contribution in [1.82, 2.24) is 14.9 Å². The molecule has 0 aliphatic heterocycles. The van der Waals surface area contributed by atoms with Crippen LogP contribution in [0.4, 0.5) is 5.95 Å². The van der Waals surface area contributed by atoms with Crippen molar-refractivity contribution in [3.63, 3.8) is 0 Å². The van der Waals surface area contributed by atoms with Gasteiger partial charge < -0.3 is 14.8 Å². The van der Waals surface area contributed by atoms with E-state index in [4.69, 9.17) is 0 Å². The third-order valence-electron chi connectivity index (χ3n) is 3.34. The lowest BCUT2D eigenvalue weighted by Crippen LogP contribution is -2.18. The summed E-state index contributed by atoms with van der Waals surface area (Å²) in [5.41, 5.74) is 3.86. The number of imidazole rings is 1. The van der Waals surface area contributed by atoms with Crippen molar-refractivity contribution in [3.05, 3.63) is 47.3 Å². The van der Waals surface area contributed by atoms with E-state index < -0.39 is 0 Å². The molecule has 0 fully saturated rings. The fourth-order valence-electron chi connectivity index (χ4n) is 2.15. The van der Waals surface area contributed by atoms with E-state index >= 15 is 0 Å². The molecule has 1 N–H and O–H groups in total. The Morgan fingerprint density at radius 1 is 1.21 bits per heavy atom. The molecular formula is C15H22N4. The quantitative estimate of drug-likeness (QED) is 0.891. The molecule has 1 aromatic carbocycles. The number of anilines is 1. The van der Waals surface area contributed by atoms with Crippen LogP contribution in [0.1, 0.15) is 16.8 Å². The first-order chi connectivity index (χ1) is 9.09. The molecule has 2 rings (SSSR count). The predicted octanol–water partition coefficient (Wildman–Crippen LogP) is 2.08. The van der Waals surface area contributed by atoms with Crippen molar-refractivity contribution in [1.29, 1.82) is 0 Å². The molecule has 102 valence electrons. The average Bonchev–Trinajstić information content (AvgIpc) is 2.74. The smallest absolute Gasteiger partial charge is 0.204 e. The number of hydrogen-bond donors (Lipinski definition) is 1. The number of benzene rings is 1. The third kappa shape index (κ3) is 3.15. The molecule has 0 bridgehead atoms. The molecular weight excluding hydrogens is 236 g/mol. The van der Waals surface area contributed by atoms with Gasteiger partial charge in [0.15, 0.2) is 0 Å². The molecule has 0 aliphatic carbocycles. The van der Waals surface area contributed by atoms with Crippen LogP contribution in [0.25, 0.3) is 0 Å². The van der Waals surface area contributed by atoms with Crippen LogP contribution in [-0.4, -0.2) is 23.6 Å². The van der Waals surface area contributed by atoms with Crippen molar-refractivity contribution in [2.45, 2.75) is 20.0 Å². The molecule has 0 saturated carbocycles. The van der Waals surface area contributed by atoms with Crippen LogP contribution in [0, 0.1) is 6.92 Å². The summed E-state index contributed by atoms with van der Waals surface area (Å²) in [7, 11) is 6.06.